The number of nitrogens with one attached hydrogen (secondary N) is 1. The summed E-state index contributed by atoms with van der Waals surface area (Å²) < 4.78 is 0. The number of carbonyl (C=O) groups excluding carboxylic acids is 2. The van der Waals surface area contributed by atoms with E-state index in [9.17, 15) is 14.7 Å². The molecule has 1 atom stereocenters. The maximum absolute atomic E-state index is 11.8. The molecular formula is C13H17N3O3. The average molecular weight is 263 g/mol. The predicted molar refractivity (Wildman–Crippen MR) is 71.9 cm³/mol. The Hall–Kier alpha value is -1.92. The Bertz CT molecular complexity index is 516. The molecule has 0 fully saturated rings. The van der Waals surface area contributed by atoms with Crippen molar-refractivity contribution in [2.75, 3.05) is 23.8 Å². The molecule has 6 nitrogen and oxygen atoms in total. The number of nitrogens with zero attached hydrogens (tertiary/aromatic N) is 1. The van der Waals surface area contributed by atoms with Gasteiger partial charge in [0.1, 0.15) is 6.10 Å². The number of aryl methyl sites for hydroxylation is 1. The van der Waals surface area contributed by atoms with Gasteiger partial charge in [0.2, 0.25) is 5.91 Å². The van der Waals surface area contributed by atoms with Crippen LogP contribution in [-0.4, -0.2) is 36.6 Å². The third-order valence-corrected chi connectivity index (χ3v) is 3.21. The lowest BCUT2D eigenvalue weighted by atomic mass is 10.0. The summed E-state index contributed by atoms with van der Waals surface area (Å²) >= 11 is 0. The fraction of sp³-hybridized carbons (Fsp3) is 0.385. The Balaban J connectivity index is 2.22. The highest BCUT2D eigenvalue weighted by Crippen LogP contribution is 2.27. The van der Waals surface area contributed by atoms with Crippen LogP contribution in [0, 0.1) is 0 Å². The van der Waals surface area contributed by atoms with Crippen molar-refractivity contribution < 1.29 is 14.7 Å². The second kappa shape index (κ2) is 5.38. The number of anilines is 2. The molecule has 0 radical (unpaired) electrons. The number of amides is 2. The summed E-state index contributed by atoms with van der Waals surface area (Å²) in [5, 5.41) is 12.2. The summed E-state index contributed by atoms with van der Waals surface area (Å²) in [7, 11) is 1.59. The van der Waals surface area contributed by atoms with Gasteiger partial charge >= 0.3 is 0 Å². The quantitative estimate of drug-likeness (QED) is 0.707. The van der Waals surface area contributed by atoms with Gasteiger partial charge in [-0.2, -0.15) is 0 Å². The molecule has 1 heterocycles. The number of rotatable bonds is 3. The van der Waals surface area contributed by atoms with Crippen molar-refractivity contribution in [1.29, 1.82) is 0 Å². The fourth-order valence-electron chi connectivity index (χ4n) is 2.03. The molecule has 0 saturated carbocycles. The average Bonchev–Trinajstić information content (AvgIpc) is 2.44. The molecule has 0 bridgehead atoms. The van der Waals surface area contributed by atoms with Gasteiger partial charge in [-0.25, -0.2) is 0 Å². The van der Waals surface area contributed by atoms with Crippen LogP contribution in [0.15, 0.2) is 18.2 Å². The topological polar surface area (TPSA) is 95.7 Å². The van der Waals surface area contributed by atoms with E-state index in [1.54, 1.807) is 19.2 Å². The molecule has 1 aliphatic heterocycles. The molecule has 2 rings (SSSR count). The second-order valence-electron chi connectivity index (χ2n) is 4.54. The van der Waals surface area contributed by atoms with Crippen LogP contribution in [0.4, 0.5) is 11.4 Å². The van der Waals surface area contributed by atoms with Gasteiger partial charge in [-0.05, 0) is 30.2 Å². The SMILES string of the molecule is CN(C(=O)C(O)CN)c1ccc2c(c1)CCC(=O)N2. The maximum Gasteiger partial charge on any atom is 0.256 e. The Labute approximate surface area is 111 Å². The maximum atomic E-state index is 11.8. The highest BCUT2D eigenvalue weighted by molar-refractivity contribution is 5.98. The molecule has 19 heavy (non-hydrogen) atoms. The molecule has 0 saturated heterocycles. The zero-order valence-corrected chi connectivity index (χ0v) is 10.7. The van der Waals surface area contributed by atoms with E-state index in [-0.39, 0.29) is 12.5 Å². The summed E-state index contributed by atoms with van der Waals surface area (Å²) in [5.74, 6) is -0.439. The third kappa shape index (κ3) is 2.74. The van der Waals surface area contributed by atoms with E-state index in [0.717, 1.165) is 11.3 Å². The number of benzene rings is 1. The Morgan fingerprint density at radius 1 is 1.53 bits per heavy atom. The van der Waals surface area contributed by atoms with E-state index >= 15 is 0 Å². The van der Waals surface area contributed by atoms with Crippen molar-refractivity contribution in [1.82, 2.24) is 0 Å². The second-order valence-corrected chi connectivity index (χ2v) is 4.54. The van der Waals surface area contributed by atoms with Gasteiger partial charge in [-0.15, -0.1) is 0 Å². The van der Waals surface area contributed by atoms with Crippen molar-refractivity contribution in [3.63, 3.8) is 0 Å². The van der Waals surface area contributed by atoms with E-state index in [1.807, 2.05) is 6.07 Å². The van der Waals surface area contributed by atoms with Crippen LogP contribution in [0.1, 0.15) is 12.0 Å². The number of aliphatic hydroxyl groups excluding tert-OH is 1. The van der Waals surface area contributed by atoms with E-state index in [2.05, 4.69) is 5.32 Å². The fourth-order valence-corrected chi connectivity index (χ4v) is 2.03. The number of aliphatic hydroxyl groups is 1. The number of hydrogen-bond acceptors (Lipinski definition) is 4. The van der Waals surface area contributed by atoms with Crippen LogP contribution in [0.5, 0.6) is 0 Å². The van der Waals surface area contributed by atoms with Gasteiger partial charge in [-0.1, -0.05) is 0 Å². The highest BCUT2D eigenvalue weighted by Gasteiger charge is 2.21. The molecule has 2 amide bonds. The van der Waals surface area contributed by atoms with Crippen molar-refractivity contribution in [2.45, 2.75) is 18.9 Å². The molecule has 0 spiro atoms. The zero-order valence-electron chi connectivity index (χ0n) is 10.7. The largest absolute Gasteiger partial charge is 0.382 e. The van der Waals surface area contributed by atoms with Gasteiger partial charge in [0.25, 0.3) is 5.91 Å². The summed E-state index contributed by atoms with van der Waals surface area (Å²) in [6.07, 6.45) is -0.100. The zero-order chi connectivity index (χ0) is 14.0. The van der Waals surface area contributed by atoms with Crippen LogP contribution in [0.25, 0.3) is 0 Å². The number of carbonyl (C=O) groups is 2. The summed E-state index contributed by atoms with van der Waals surface area (Å²) in [5.41, 5.74) is 7.71. The first-order valence-corrected chi connectivity index (χ1v) is 6.11. The lowest BCUT2D eigenvalue weighted by Crippen LogP contribution is -2.40. The molecule has 0 aromatic heterocycles. The summed E-state index contributed by atoms with van der Waals surface area (Å²) in [4.78, 5) is 24.4. The van der Waals surface area contributed by atoms with Crippen LogP contribution in [-0.2, 0) is 16.0 Å². The summed E-state index contributed by atoms with van der Waals surface area (Å²) in [6.45, 7) is -0.107. The molecule has 1 aliphatic rings. The number of likely N-dealkylation sites (N-methyl/N-ethyl adjacent to an activating group) is 1. The molecule has 102 valence electrons. The number of fused-ring (bicyclic) bond motifs is 1. The van der Waals surface area contributed by atoms with E-state index < -0.39 is 12.0 Å². The van der Waals surface area contributed by atoms with Crippen LogP contribution >= 0.6 is 0 Å². The van der Waals surface area contributed by atoms with Gasteiger partial charge in [0.15, 0.2) is 0 Å². The number of hydrogen-bond donors (Lipinski definition) is 3. The lowest BCUT2D eigenvalue weighted by Gasteiger charge is -2.23. The Kier molecular flexibility index (Phi) is 3.82. The molecule has 4 N–H and O–H groups in total. The van der Waals surface area contributed by atoms with Gasteiger partial charge in [0.05, 0.1) is 0 Å². The monoisotopic (exact) mass is 263 g/mol. The predicted octanol–water partition coefficient (Wildman–Crippen LogP) is -0.146. The van der Waals surface area contributed by atoms with E-state index in [4.69, 9.17) is 5.73 Å². The van der Waals surface area contributed by atoms with Crippen LogP contribution < -0.4 is 16.0 Å². The Morgan fingerprint density at radius 3 is 2.95 bits per heavy atom. The minimum absolute atomic E-state index is 0.00300. The molecule has 1 aromatic carbocycles. The first kappa shape index (κ1) is 13.5. The molecule has 0 aliphatic carbocycles. The first-order valence-electron chi connectivity index (χ1n) is 6.11. The minimum Gasteiger partial charge on any atom is -0.382 e. The normalized spacial score (nSPS) is 15.4. The van der Waals surface area contributed by atoms with Crippen molar-refractivity contribution >= 4 is 23.2 Å². The van der Waals surface area contributed by atoms with Crippen LogP contribution in [0.2, 0.25) is 0 Å². The Morgan fingerprint density at radius 2 is 2.26 bits per heavy atom. The molecule has 6 heteroatoms. The lowest BCUT2D eigenvalue weighted by molar-refractivity contribution is -0.125. The van der Waals surface area contributed by atoms with Crippen LogP contribution in [0.3, 0.4) is 0 Å². The van der Waals surface area contributed by atoms with Gasteiger partial charge < -0.3 is 21.1 Å². The van der Waals surface area contributed by atoms with E-state index in [1.165, 1.54) is 4.90 Å². The summed E-state index contributed by atoms with van der Waals surface area (Å²) in [6, 6.07) is 5.34. The molecular weight excluding hydrogens is 246 g/mol. The minimum atomic E-state index is -1.19. The third-order valence-electron chi connectivity index (χ3n) is 3.21. The van der Waals surface area contributed by atoms with Crippen molar-refractivity contribution in [3.8, 4) is 0 Å². The smallest absolute Gasteiger partial charge is 0.256 e. The van der Waals surface area contributed by atoms with E-state index in [0.29, 0.717) is 18.5 Å². The molecule has 1 unspecified atom stereocenters. The molecule has 1 aromatic rings. The van der Waals surface area contributed by atoms with Gasteiger partial charge in [0, 0.05) is 31.4 Å². The number of nitrogens with two attached hydrogens (primary N) is 1. The van der Waals surface area contributed by atoms with Crippen molar-refractivity contribution in [3.05, 3.63) is 23.8 Å². The highest BCUT2D eigenvalue weighted by atomic mass is 16.3. The van der Waals surface area contributed by atoms with Crippen molar-refractivity contribution in [2.24, 2.45) is 5.73 Å². The standard InChI is InChI=1S/C13H17N3O3/c1-16(13(19)11(17)7-14)9-3-4-10-8(6-9)2-5-12(18)15-10/h3-4,6,11,17H,2,5,7,14H2,1H3,(H,15,18). The van der Waals surface area contributed by atoms with Gasteiger partial charge in [-0.3, -0.25) is 9.59 Å². The first-order chi connectivity index (χ1) is 9.02.